The van der Waals surface area contributed by atoms with Gasteiger partial charge in [0, 0.05) is 25.0 Å². The molecule has 1 saturated carbocycles. The zero-order valence-electron chi connectivity index (χ0n) is 15.9. The van der Waals surface area contributed by atoms with Crippen molar-refractivity contribution in [2.24, 2.45) is 5.92 Å². The first-order valence-corrected chi connectivity index (χ1v) is 9.94. The second-order valence-electron chi connectivity index (χ2n) is 7.32. The highest BCUT2D eigenvalue weighted by atomic mass is 16.2. The lowest BCUT2D eigenvalue weighted by atomic mass is 10.1. The van der Waals surface area contributed by atoms with Crippen molar-refractivity contribution in [2.75, 3.05) is 13.1 Å². The number of nitrogens with zero attached hydrogens (tertiary/aromatic N) is 3. The van der Waals surface area contributed by atoms with E-state index >= 15 is 0 Å². The fraction of sp³-hybridized carbons (Fsp3) is 0.571. The van der Waals surface area contributed by atoms with Gasteiger partial charge in [-0.05, 0) is 37.7 Å². The lowest BCUT2D eigenvalue weighted by molar-refractivity contribution is 0.0741. The predicted octanol–water partition coefficient (Wildman–Crippen LogP) is 3.85. The van der Waals surface area contributed by atoms with Crippen molar-refractivity contribution >= 4 is 16.7 Å². The number of unbranched alkanes of at least 4 members (excludes halogenated alkanes) is 2. The minimum atomic E-state index is -0.0995. The minimum absolute atomic E-state index is 0.0424. The van der Waals surface area contributed by atoms with E-state index in [0.717, 1.165) is 38.8 Å². The zero-order chi connectivity index (χ0) is 18.5. The predicted molar refractivity (Wildman–Crippen MR) is 104 cm³/mol. The van der Waals surface area contributed by atoms with Crippen molar-refractivity contribution in [1.82, 2.24) is 14.7 Å². The molecule has 1 heterocycles. The van der Waals surface area contributed by atoms with Gasteiger partial charge in [0.15, 0.2) is 5.69 Å². The van der Waals surface area contributed by atoms with E-state index in [1.165, 1.54) is 17.5 Å². The Balaban J connectivity index is 2.00. The Morgan fingerprint density at radius 1 is 1.15 bits per heavy atom. The van der Waals surface area contributed by atoms with E-state index in [-0.39, 0.29) is 11.5 Å². The Morgan fingerprint density at radius 2 is 1.88 bits per heavy atom. The molecule has 2 aromatic rings. The molecule has 5 nitrogen and oxygen atoms in total. The van der Waals surface area contributed by atoms with Gasteiger partial charge in [0.2, 0.25) is 0 Å². The lowest BCUT2D eigenvalue weighted by Gasteiger charge is -2.22. The first-order valence-electron chi connectivity index (χ1n) is 9.94. The van der Waals surface area contributed by atoms with E-state index < -0.39 is 0 Å². The first kappa shape index (κ1) is 18.6. The summed E-state index contributed by atoms with van der Waals surface area (Å²) in [6.07, 6.45) is 6.37. The van der Waals surface area contributed by atoms with E-state index in [9.17, 15) is 9.59 Å². The number of hydrogen-bond acceptors (Lipinski definition) is 3. The maximum absolute atomic E-state index is 13.3. The molecule has 26 heavy (non-hydrogen) atoms. The van der Waals surface area contributed by atoms with Crippen molar-refractivity contribution in [3.63, 3.8) is 0 Å². The Kier molecular flexibility index (Phi) is 6.07. The van der Waals surface area contributed by atoms with Gasteiger partial charge in [0.1, 0.15) is 0 Å². The molecular weight excluding hydrogens is 326 g/mol. The quantitative estimate of drug-likeness (QED) is 0.642. The summed E-state index contributed by atoms with van der Waals surface area (Å²) < 4.78 is 1.49. The number of aryl methyl sites for hydroxylation is 1. The number of rotatable bonds is 9. The van der Waals surface area contributed by atoms with E-state index in [1.54, 1.807) is 6.07 Å². The number of amides is 1. The number of benzene rings is 1. The molecule has 0 N–H and O–H groups in total. The van der Waals surface area contributed by atoms with Gasteiger partial charge in [-0.2, -0.15) is 5.10 Å². The summed E-state index contributed by atoms with van der Waals surface area (Å²) in [5, 5.41) is 5.78. The molecule has 140 valence electrons. The molecule has 1 amide bonds. The van der Waals surface area contributed by atoms with E-state index in [4.69, 9.17) is 0 Å². The second kappa shape index (κ2) is 8.47. The zero-order valence-corrected chi connectivity index (χ0v) is 15.9. The molecule has 5 heteroatoms. The van der Waals surface area contributed by atoms with Gasteiger partial charge < -0.3 is 4.90 Å². The Morgan fingerprint density at radius 3 is 2.54 bits per heavy atom. The smallest absolute Gasteiger partial charge is 0.274 e. The van der Waals surface area contributed by atoms with Gasteiger partial charge in [-0.3, -0.25) is 9.59 Å². The third-order valence-corrected chi connectivity index (χ3v) is 5.00. The average molecular weight is 355 g/mol. The maximum atomic E-state index is 13.3. The number of carbonyl (C=O) groups excluding carboxylic acids is 1. The molecule has 0 radical (unpaired) electrons. The molecule has 0 saturated heterocycles. The molecule has 1 aliphatic rings. The van der Waals surface area contributed by atoms with E-state index in [0.29, 0.717) is 28.9 Å². The minimum Gasteiger partial charge on any atom is -0.337 e. The fourth-order valence-electron chi connectivity index (χ4n) is 3.36. The summed E-state index contributed by atoms with van der Waals surface area (Å²) in [6, 6.07) is 7.36. The highest BCUT2D eigenvalue weighted by molar-refractivity contribution is 6.04. The van der Waals surface area contributed by atoms with Crippen LogP contribution >= 0.6 is 0 Å². The molecule has 0 spiro atoms. The summed E-state index contributed by atoms with van der Waals surface area (Å²) in [5.41, 5.74) is 0.322. The van der Waals surface area contributed by atoms with E-state index in [2.05, 4.69) is 18.9 Å². The van der Waals surface area contributed by atoms with Crippen LogP contribution in [-0.4, -0.2) is 33.7 Å². The molecule has 0 bridgehead atoms. The van der Waals surface area contributed by atoms with Gasteiger partial charge in [0.25, 0.3) is 11.5 Å². The van der Waals surface area contributed by atoms with Crippen molar-refractivity contribution < 1.29 is 4.79 Å². The highest BCUT2D eigenvalue weighted by Crippen LogP contribution is 2.30. The van der Waals surface area contributed by atoms with Crippen molar-refractivity contribution in [1.29, 1.82) is 0 Å². The number of fused-ring (bicyclic) bond motifs is 1. The molecule has 0 atom stereocenters. The van der Waals surface area contributed by atoms with Crippen molar-refractivity contribution in [2.45, 2.75) is 58.9 Å². The van der Waals surface area contributed by atoms with Crippen molar-refractivity contribution in [3.8, 4) is 0 Å². The SMILES string of the molecule is CCCCCn1nc(C(=O)N(CCC)CC2CC2)c2ccccc2c1=O. The molecule has 0 aliphatic heterocycles. The topological polar surface area (TPSA) is 55.2 Å². The van der Waals surface area contributed by atoms with Crippen LogP contribution in [-0.2, 0) is 6.54 Å². The molecule has 1 aromatic carbocycles. The normalized spacial score (nSPS) is 13.9. The summed E-state index contributed by atoms with van der Waals surface area (Å²) >= 11 is 0. The first-order chi connectivity index (χ1) is 12.7. The Hall–Kier alpha value is -2.17. The van der Waals surface area contributed by atoms with Crippen LogP contribution in [0.15, 0.2) is 29.1 Å². The largest absolute Gasteiger partial charge is 0.337 e. The summed E-state index contributed by atoms with van der Waals surface area (Å²) in [7, 11) is 0. The summed E-state index contributed by atoms with van der Waals surface area (Å²) in [4.78, 5) is 27.9. The summed E-state index contributed by atoms with van der Waals surface area (Å²) in [6.45, 7) is 6.32. The monoisotopic (exact) mass is 355 g/mol. The molecule has 0 unspecified atom stereocenters. The number of carbonyl (C=O) groups is 1. The highest BCUT2D eigenvalue weighted by Gasteiger charge is 2.28. The van der Waals surface area contributed by atoms with Crippen LogP contribution in [0.4, 0.5) is 0 Å². The standard InChI is InChI=1S/C21H29N3O2/c1-3-5-8-14-24-20(25)18-10-7-6-9-17(18)19(22-24)21(26)23(13-4-2)15-16-11-12-16/h6-7,9-10,16H,3-5,8,11-15H2,1-2H3. The third kappa shape index (κ3) is 4.14. The van der Waals surface area contributed by atoms with Gasteiger partial charge in [0.05, 0.1) is 5.39 Å². The van der Waals surface area contributed by atoms with Gasteiger partial charge >= 0.3 is 0 Å². The number of hydrogen-bond donors (Lipinski definition) is 0. The van der Waals surface area contributed by atoms with E-state index in [1.807, 2.05) is 23.1 Å². The van der Waals surface area contributed by atoms with Crippen LogP contribution in [0.2, 0.25) is 0 Å². The Bertz CT molecular complexity index is 824. The van der Waals surface area contributed by atoms with Gasteiger partial charge in [-0.25, -0.2) is 4.68 Å². The Labute approximate surface area is 155 Å². The maximum Gasteiger partial charge on any atom is 0.274 e. The van der Waals surface area contributed by atoms with Crippen LogP contribution in [0.3, 0.4) is 0 Å². The van der Waals surface area contributed by atoms with Crippen LogP contribution in [0, 0.1) is 5.92 Å². The molecule has 1 fully saturated rings. The van der Waals surface area contributed by atoms with Gasteiger partial charge in [-0.1, -0.05) is 44.9 Å². The van der Waals surface area contributed by atoms with Crippen LogP contribution in [0.25, 0.3) is 10.8 Å². The lowest BCUT2D eigenvalue weighted by Crippen LogP contribution is -2.36. The molecule has 1 aliphatic carbocycles. The summed E-state index contributed by atoms with van der Waals surface area (Å²) in [5.74, 6) is 0.589. The molecular formula is C21H29N3O2. The van der Waals surface area contributed by atoms with Crippen LogP contribution < -0.4 is 5.56 Å². The molecule has 1 aromatic heterocycles. The fourth-order valence-corrected chi connectivity index (χ4v) is 3.36. The molecule has 3 rings (SSSR count). The average Bonchev–Trinajstić information content (AvgIpc) is 3.47. The van der Waals surface area contributed by atoms with Crippen LogP contribution in [0.1, 0.15) is 62.9 Å². The van der Waals surface area contributed by atoms with Crippen molar-refractivity contribution in [3.05, 3.63) is 40.3 Å². The van der Waals surface area contributed by atoms with Gasteiger partial charge in [-0.15, -0.1) is 0 Å². The van der Waals surface area contributed by atoms with Crippen LogP contribution in [0.5, 0.6) is 0 Å². The second-order valence-corrected chi connectivity index (χ2v) is 7.32. The number of aromatic nitrogens is 2. The third-order valence-electron chi connectivity index (χ3n) is 5.00.